The Morgan fingerprint density at radius 2 is 0.930 bits per heavy atom. The number of para-hydroxylation sites is 1. The van der Waals surface area contributed by atoms with Crippen LogP contribution in [0.15, 0.2) is 194 Å². The fraction of sp³-hybridized carbons (Fsp3) is 0.0545. The SMILES string of the molecule is CC1(C)c2ccccc2-c2c1ccc1c2c2cc(-c3ccc4c(c3)c3ccccc3n4-c3ccc4ccccc4c3)ccc2n1-c1ccc(-c2ccccc2)cc1. The van der Waals surface area contributed by atoms with E-state index in [9.17, 15) is 0 Å². The van der Waals surface area contributed by atoms with Crippen LogP contribution in [0.5, 0.6) is 0 Å². The Morgan fingerprint density at radius 3 is 1.75 bits per heavy atom. The Kier molecular flexibility index (Phi) is 6.72. The van der Waals surface area contributed by atoms with E-state index in [2.05, 4.69) is 217 Å². The van der Waals surface area contributed by atoms with Crippen molar-refractivity contribution in [3.05, 3.63) is 205 Å². The minimum atomic E-state index is -0.0895. The quantitative estimate of drug-likeness (QED) is 0.171. The lowest BCUT2D eigenvalue weighted by atomic mass is 9.82. The molecule has 268 valence electrons. The Balaban J connectivity index is 1.09. The van der Waals surface area contributed by atoms with Crippen molar-refractivity contribution in [2.75, 3.05) is 0 Å². The molecule has 2 heteroatoms. The summed E-state index contributed by atoms with van der Waals surface area (Å²) >= 11 is 0. The topological polar surface area (TPSA) is 9.86 Å². The van der Waals surface area contributed by atoms with E-state index >= 15 is 0 Å². The zero-order valence-corrected chi connectivity index (χ0v) is 31.9. The van der Waals surface area contributed by atoms with Crippen LogP contribution in [-0.4, -0.2) is 9.13 Å². The van der Waals surface area contributed by atoms with Crippen LogP contribution in [-0.2, 0) is 5.41 Å². The lowest BCUT2D eigenvalue weighted by molar-refractivity contribution is 0.661. The molecule has 0 saturated heterocycles. The van der Waals surface area contributed by atoms with Crippen molar-refractivity contribution in [1.29, 1.82) is 0 Å². The van der Waals surface area contributed by atoms with E-state index in [1.165, 1.54) is 105 Å². The van der Waals surface area contributed by atoms with Gasteiger partial charge in [-0.15, -0.1) is 0 Å². The lowest BCUT2D eigenvalue weighted by Crippen LogP contribution is -2.14. The average Bonchev–Trinajstić information content (AvgIpc) is 3.86. The number of benzene rings is 9. The monoisotopic (exact) mass is 726 g/mol. The fourth-order valence-electron chi connectivity index (χ4n) is 9.94. The highest BCUT2D eigenvalue weighted by Crippen LogP contribution is 2.53. The van der Waals surface area contributed by atoms with E-state index < -0.39 is 0 Å². The van der Waals surface area contributed by atoms with Gasteiger partial charge in [-0.1, -0.05) is 147 Å². The summed E-state index contributed by atoms with van der Waals surface area (Å²) in [5.41, 5.74) is 17.5. The number of rotatable bonds is 4. The van der Waals surface area contributed by atoms with Gasteiger partial charge in [0, 0.05) is 38.3 Å². The van der Waals surface area contributed by atoms with Gasteiger partial charge >= 0.3 is 0 Å². The Morgan fingerprint density at radius 1 is 0.351 bits per heavy atom. The fourth-order valence-corrected chi connectivity index (χ4v) is 9.94. The number of hydrogen-bond acceptors (Lipinski definition) is 0. The van der Waals surface area contributed by atoms with Gasteiger partial charge in [-0.2, -0.15) is 0 Å². The Hall–Kier alpha value is -7.16. The minimum Gasteiger partial charge on any atom is -0.309 e. The standard InChI is InChI=1S/C55H38N2/c1-55(2)47-18-10-8-17-44(47)53-48(55)28-31-52-54(53)46-34-40(24-30-51(46)56(52)41-25-20-37(21-26-41)35-12-4-3-5-13-35)39-23-29-50-45(33-39)43-16-9-11-19-49(43)57(50)42-27-22-36-14-6-7-15-38(36)32-42/h3-34H,1-2H3. The van der Waals surface area contributed by atoms with Crippen LogP contribution in [0, 0.1) is 0 Å². The lowest BCUT2D eigenvalue weighted by Gasteiger charge is -2.21. The van der Waals surface area contributed by atoms with Crippen LogP contribution >= 0.6 is 0 Å². The number of fused-ring (bicyclic) bond motifs is 11. The molecule has 1 aliphatic carbocycles. The average molecular weight is 727 g/mol. The highest BCUT2D eigenvalue weighted by Gasteiger charge is 2.37. The maximum atomic E-state index is 2.47. The summed E-state index contributed by atoms with van der Waals surface area (Å²) in [7, 11) is 0. The van der Waals surface area contributed by atoms with Gasteiger partial charge in [0.15, 0.2) is 0 Å². The van der Waals surface area contributed by atoms with Gasteiger partial charge in [0.25, 0.3) is 0 Å². The molecule has 0 saturated carbocycles. The molecule has 0 unspecified atom stereocenters. The predicted octanol–water partition coefficient (Wildman–Crippen LogP) is 14.7. The van der Waals surface area contributed by atoms with Crippen molar-refractivity contribution < 1.29 is 0 Å². The summed E-state index contributed by atoms with van der Waals surface area (Å²) in [6, 6.07) is 71.8. The van der Waals surface area contributed by atoms with Crippen molar-refractivity contribution in [1.82, 2.24) is 9.13 Å². The summed E-state index contributed by atoms with van der Waals surface area (Å²) < 4.78 is 4.89. The number of hydrogen-bond donors (Lipinski definition) is 0. The van der Waals surface area contributed by atoms with Crippen molar-refractivity contribution in [2.24, 2.45) is 0 Å². The first kappa shape index (κ1) is 32.1. The maximum Gasteiger partial charge on any atom is 0.0547 e. The molecule has 9 aromatic carbocycles. The zero-order chi connectivity index (χ0) is 37.8. The second-order valence-corrected chi connectivity index (χ2v) is 16.1. The first-order valence-electron chi connectivity index (χ1n) is 19.9. The van der Waals surface area contributed by atoms with E-state index in [0.717, 1.165) is 5.69 Å². The van der Waals surface area contributed by atoms with Gasteiger partial charge in [-0.3, -0.25) is 0 Å². The molecule has 1 aliphatic rings. The minimum absolute atomic E-state index is 0.0895. The highest BCUT2D eigenvalue weighted by molar-refractivity contribution is 6.19. The third-order valence-corrected chi connectivity index (χ3v) is 12.7. The third-order valence-electron chi connectivity index (χ3n) is 12.7. The van der Waals surface area contributed by atoms with Crippen LogP contribution in [0.2, 0.25) is 0 Å². The second kappa shape index (κ2) is 11.9. The van der Waals surface area contributed by atoms with Crippen LogP contribution in [0.1, 0.15) is 25.0 Å². The molecule has 2 aromatic heterocycles. The highest BCUT2D eigenvalue weighted by atomic mass is 15.0. The van der Waals surface area contributed by atoms with Crippen molar-refractivity contribution in [3.63, 3.8) is 0 Å². The second-order valence-electron chi connectivity index (χ2n) is 16.1. The van der Waals surface area contributed by atoms with E-state index in [0.29, 0.717) is 0 Å². The van der Waals surface area contributed by atoms with E-state index in [-0.39, 0.29) is 5.41 Å². The zero-order valence-electron chi connectivity index (χ0n) is 31.9. The number of nitrogens with zero attached hydrogens (tertiary/aromatic N) is 2. The molecule has 0 amide bonds. The van der Waals surface area contributed by atoms with Gasteiger partial charge < -0.3 is 9.13 Å². The molecule has 0 spiro atoms. The van der Waals surface area contributed by atoms with Gasteiger partial charge in [-0.25, -0.2) is 0 Å². The Labute approximate surface area is 331 Å². The first-order valence-corrected chi connectivity index (χ1v) is 19.9. The molecular weight excluding hydrogens is 689 g/mol. The Bertz CT molecular complexity index is 3410. The molecule has 0 N–H and O–H groups in total. The molecule has 11 aromatic rings. The summed E-state index contributed by atoms with van der Waals surface area (Å²) in [4.78, 5) is 0. The van der Waals surface area contributed by atoms with Gasteiger partial charge in [0.1, 0.15) is 0 Å². The predicted molar refractivity (Wildman–Crippen MR) is 241 cm³/mol. The van der Waals surface area contributed by atoms with Crippen LogP contribution in [0.3, 0.4) is 0 Å². The van der Waals surface area contributed by atoms with Crippen molar-refractivity contribution in [2.45, 2.75) is 19.3 Å². The molecule has 0 aliphatic heterocycles. The van der Waals surface area contributed by atoms with Gasteiger partial charge in [0.2, 0.25) is 0 Å². The summed E-state index contributed by atoms with van der Waals surface area (Å²) in [5, 5.41) is 7.61. The summed E-state index contributed by atoms with van der Waals surface area (Å²) in [6.07, 6.45) is 0. The normalized spacial score (nSPS) is 13.2. The molecule has 57 heavy (non-hydrogen) atoms. The van der Waals surface area contributed by atoms with E-state index in [4.69, 9.17) is 0 Å². The van der Waals surface area contributed by atoms with E-state index in [1.807, 2.05) is 0 Å². The van der Waals surface area contributed by atoms with Crippen molar-refractivity contribution >= 4 is 54.4 Å². The summed E-state index contributed by atoms with van der Waals surface area (Å²) in [5.74, 6) is 0. The van der Waals surface area contributed by atoms with Crippen LogP contribution in [0.4, 0.5) is 0 Å². The van der Waals surface area contributed by atoms with Crippen LogP contribution < -0.4 is 0 Å². The number of aromatic nitrogens is 2. The van der Waals surface area contributed by atoms with E-state index in [1.54, 1.807) is 0 Å². The molecule has 0 fully saturated rings. The molecule has 0 atom stereocenters. The molecule has 0 bridgehead atoms. The smallest absolute Gasteiger partial charge is 0.0547 e. The molecule has 0 radical (unpaired) electrons. The molecule has 2 heterocycles. The van der Waals surface area contributed by atoms with Gasteiger partial charge in [0.05, 0.1) is 22.1 Å². The summed E-state index contributed by atoms with van der Waals surface area (Å²) in [6.45, 7) is 4.75. The molecular formula is C55H38N2. The maximum absolute atomic E-state index is 2.47. The van der Waals surface area contributed by atoms with Crippen molar-refractivity contribution in [3.8, 4) is 44.8 Å². The van der Waals surface area contributed by atoms with Gasteiger partial charge in [-0.05, 0) is 116 Å². The molecule has 2 nitrogen and oxygen atoms in total. The van der Waals surface area contributed by atoms with Crippen LogP contribution in [0.25, 0.3) is 99.1 Å². The largest absolute Gasteiger partial charge is 0.309 e. The third kappa shape index (κ3) is 4.65. The molecule has 12 rings (SSSR count). The first-order chi connectivity index (χ1) is 28.0.